The number of benzene rings is 1. The lowest BCUT2D eigenvalue weighted by molar-refractivity contribution is 0.556. The van der Waals surface area contributed by atoms with Crippen LogP contribution in [0.1, 0.15) is 49.7 Å². The van der Waals surface area contributed by atoms with Crippen LogP contribution >= 0.6 is 0 Å². The molecule has 7 heteroatoms. The molecular weight excluding hydrogens is 350 g/mol. The minimum absolute atomic E-state index is 0.553. The maximum absolute atomic E-state index is 5.77. The van der Waals surface area contributed by atoms with Crippen LogP contribution in [0.4, 0.5) is 17.8 Å². The number of anilines is 3. The third-order valence-electron chi connectivity index (χ3n) is 5.57. The van der Waals surface area contributed by atoms with Crippen LogP contribution in [-0.2, 0) is 13.1 Å². The molecule has 0 bridgehead atoms. The summed E-state index contributed by atoms with van der Waals surface area (Å²) in [5, 5.41) is 3.41. The van der Waals surface area contributed by atoms with Crippen molar-refractivity contribution in [3.63, 3.8) is 0 Å². The van der Waals surface area contributed by atoms with E-state index in [9.17, 15) is 0 Å². The first-order valence-corrected chi connectivity index (χ1v) is 10.6. The molecule has 4 rings (SSSR count). The van der Waals surface area contributed by atoms with Gasteiger partial charge in [-0.25, -0.2) is 0 Å². The Morgan fingerprint density at radius 1 is 0.786 bits per heavy atom. The summed E-state index contributed by atoms with van der Waals surface area (Å²) in [7, 11) is 0. The van der Waals surface area contributed by atoms with Crippen LogP contribution in [-0.4, -0.2) is 41.1 Å². The predicted molar refractivity (Wildman–Crippen MR) is 114 cm³/mol. The lowest BCUT2D eigenvalue weighted by atomic mass is 10.1. The molecule has 1 aromatic carbocycles. The summed E-state index contributed by atoms with van der Waals surface area (Å²) in [5.41, 5.74) is 8.09. The molecule has 2 saturated heterocycles. The Morgan fingerprint density at radius 3 is 1.93 bits per heavy atom. The fraction of sp³-hybridized carbons (Fsp3) is 0.571. The molecule has 150 valence electrons. The van der Waals surface area contributed by atoms with E-state index in [1.165, 1.54) is 44.1 Å². The predicted octanol–water partition coefficient (Wildman–Crippen LogP) is 2.92. The highest BCUT2D eigenvalue weighted by Gasteiger charge is 2.20. The molecule has 3 heterocycles. The standard InChI is InChI=1S/C21H31N7/c22-15-17-8-7-9-18(14-17)16-23-19-24-20(27-10-3-1-4-11-27)26-21(25-19)28-12-5-2-6-13-28/h7-9,14H,1-6,10-13,15-16,22H2,(H,23,24,25,26). The van der Waals surface area contributed by atoms with Crippen LogP contribution in [0.25, 0.3) is 0 Å². The van der Waals surface area contributed by atoms with E-state index in [0.717, 1.165) is 43.6 Å². The highest BCUT2D eigenvalue weighted by Crippen LogP contribution is 2.22. The number of aromatic nitrogens is 3. The summed E-state index contributed by atoms with van der Waals surface area (Å²) in [6, 6.07) is 8.33. The molecule has 0 saturated carbocycles. The van der Waals surface area contributed by atoms with Crippen LogP contribution in [0.2, 0.25) is 0 Å². The van der Waals surface area contributed by atoms with E-state index < -0.39 is 0 Å². The second-order valence-electron chi connectivity index (χ2n) is 7.73. The molecular formula is C21H31N7. The zero-order chi connectivity index (χ0) is 19.2. The van der Waals surface area contributed by atoms with Crippen molar-refractivity contribution in [2.75, 3.05) is 41.3 Å². The SMILES string of the molecule is NCc1cccc(CNc2nc(N3CCCCC3)nc(N3CCCCC3)n2)c1. The average molecular weight is 382 g/mol. The van der Waals surface area contributed by atoms with Crippen molar-refractivity contribution in [3.8, 4) is 0 Å². The first-order chi connectivity index (χ1) is 13.8. The number of nitrogens with two attached hydrogens (primary N) is 1. The van der Waals surface area contributed by atoms with Gasteiger partial charge in [-0.15, -0.1) is 0 Å². The van der Waals surface area contributed by atoms with Gasteiger partial charge < -0.3 is 20.9 Å². The van der Waals surface area contributed by atoms with Crippen molar-refractivity contribution in [1.29, 1.82) is 0 Å². The van der Waals surface area contributed by atoms with E-state index in [1.807, 2.05) is 6.07 Å². The summed E-state index contributed by atoms with van der Waals surface area (Å²) in [5.74, 6) is 2.29. The Bertz CT molecular complexity index is 731. The molecule has 0 amide bonds. The van der Waals surface area contributed by atoms with Gasteiger partial charge in [0.25, 0.3) is 0 Å². The lowest BCUT2D eigenvalue weighted by Gasteiger charge is -2.30. The maximum Gasteiger partial charge on any atom is 0.231 e. The van der Waals surface area contributed by atoms with Crippen molar-refractivity contribution in [3.05, 3.63) is 35.4 Å². The third-order valence-corrected chi connectivity index (χ3v) is 5.57. The average Bonchev–Trinajstić information content (AvgIpc) is 2.79. The highest BCUT2D eigenvalue weighted by molar-refractivity contribution is 5.46. The van der Waals surface area contributed by atoms with E-state index in [2.05, 4.69) is 33.3 Å². The number of nitrogens with zero attached hydrogens (tertiary/aromatic N) is 5. The van der Waals surface area contributed by atoms with Gasteiger partial charge >= 0.3 is 0 Å². The van der Waals surface area contributed by atoms with Gasteiger partial charge in [0.15, 0.2) is 0 Å². The number of hydrogen-bond acceptors (Lipinski definition) is 7. The minimum atomic E-state index is 0.553. The number of hydrogen-bond donors (Lipinski definition) is 2. The van der Waals surface area contributed by atoms with E-state index in [1.54, 1.807) is 0 Å². The van der Waals surface area contributed by atoms with Crippen molar-refractivity contribution in [1.82, 2.24) is 15.0 Å². The van der Waals surface area contributed by atoms with Crippen LogP contribution in [0.15, 0.2) is 24.3 Å². The van der Waals surface area contributed by atoms with E-state index >= 15 is 0 Å². The normalized spacial score (nSPS) is 17.6. The maximum atomic E-state index is 5.77. The smallest absolute Gasteiger partial charge is 0.231 e. The monoisotopic (exact) mass is 381 g/mol. The van der Waals surface area contributed by atoms with Crippen LogP contribution in [0.5, 0.6) is 0 Å². The first-order valence-electron chi connectivity index (χ1n) is 10.6. The highest BCUT2D eigenvalue weighted by atomic mass is 15.4. The summed E-state index contributed by atoms with van der Waals surface area (Å²) >= 11 is 0. The van der Waals surface area contributed by atoms with Crippen LogP contribution in [0, 0.1) is 0 Å². The van der Waals surface area contributed by atoms with Gasteiger partial charge in [0.05, 0.1) is 0 Å². The molecule has 3 N–H and O–H groups in total. The third kappa shape index (κ3) is 4.70. The van der Waals surface area contributed by atoms with Gasteiger partial charge in [0.2, 0.25) is 17.8 Å². The molecule has 2 aliphatic rings. The Kier molecular flexibility index (Phi) is 6.21. The quantitative estimate of drug-likeness (QED) is 0.796. The molecule has 0 spiro atoms. The second-order valence-corrected chi connectivity index (χ2v) is 7.73. The summed E-state index contributed by atoms with van der Waals surface area (Å²) in [4.78, 5) is 18.9. The molecule has 0 atom stereocenters. The van der Waals surface area contributed by atoms with Gasteiger partial charge in [-0.05, 0) is 49.7 Å². The fourth-order valence-corrected chi connectivity index (χ4v) is 3.95. The van der Waals surface area contributed by atoms with Crippen LogP contribution in [0.3, 0.4) is 0 Å². The van der Waals surface area contributed by atoms with E-state index in [0.29, 0.717) is 19.0 Å². The minimum Gasteiger partial charge on any atom is -0.350 e. The Hall–Kier alpha value is -2.41. The Balaban J connectivity index is 1.55. The zero-order valence-electron chi connectivity index (χ0n) is 16.6. The van der Waals surface area contributed by atoms with Crippen molar-refractivity contribution >= 4 is 17.8 Å². The summed E-state index contributed by atoms with van der Waals surface area (Å²) < 4.78 is 0. The molecule has 28 heavy (non-hydrogen) atoms. The summed E-state index contributed by atoms with van der Waals surface area (Å²) in [6.45, 7) is 5.35. The molecule has 0 radical (unpaired) electrons. The molecule has 1 aromatic heterocycles. The Labute approximate surface area is 167 Å². The lowest BCUT2D eigenvalue weighted by Crippen LogP contribution is -2.34. The van der Waals surface area contributed by atoms with Gasteiger partial charge in [0.1, 0.15) is 0 Å². The molecule has 0 unspecified atom stereocenters. The molecule has 7 nitrogen and oxygen atoms in total. The van der Waals surface area contributed by atoms with Crippen molar-refractivity contribution in [2.24, 2.45) is 5.73 Å². The number of nitrogens with one attached hydrogen (secondary N) is 1. The molecule has 2 fully saturated rings. The van der Waals surface area contributed by atoms with Crippen molar-refractivity contribution in [2.45, 2.75) is 51.6 Å². The number of rotatable bonds is 6. The van der Waals surface area contributed by atoms with Gasteiger partial charge in [0, 0.05) is 39.3 Å². The zero-order valence-corrected chi connectivity index (χ0v) is 16.6. The molecule has 2 aromatic rings. The van der Waals surface area contributed by atoms with E-state index in [4.69, 9.17) is 20.7 Å². The molecule has 0 aliphatic carbocycles. The largest absolute Gasteiger partial charge is 0.350 e. The fourth-order valence-electron chi connectivity index (χ4n) is 3.95. The summed E-state index contributed by atoms with van der Waals surface area (Å²) in [6.07, 6.45) is 7.42. The second kappa shape index (κ2) is 9.19. The number of piperidine rings is 2. The van der Waals surface area contributed by atoms with Gasteiger partial charge in [-0.2, -0.15) is 15.0 Å². The molecule has 2 aliphatic heterocycles. The van der Waals surface area contributed by atoms with Gasteiger partial charge in [-0.1, -0.05) is 24.3 Å². The topological polar surface area (TPSA) is 83.2 Å². The van der Waals surface area contributed by atoms with Crippen LogP contribution < -0.4 is 20.9 Å². The Morgan fingerprint density at radius 2 is 1.36 bits per heavy atom. The van der Waals surface area contributed by atoms with Gasteiger partial charge in [-0.3, -0.25) is 0 Å². The first kappa shape index (κ1) is 18.9. The van der Waals surface area contributed by atoms with E-state index in [-0.39, 0.29) is 0 Å². The van der Waals surface area contributed by atoms with Crippen molar-refractivity contribution < 1.29 is 0 Å².